The second-order valence-electron chi connectivity index (χ2n) is 7.11. The van der Waals surface area contributed by atoms with Gasteiger partial charge < -0.3 is 24.8 Å². The maximum atomic E-state index is 5.54. The number of nitrogens with one attached hydrogen (secondary N) is 2. The lowest BCUT2D eigenvalue weighted by Gasteiger charge is -2.19. The normalized spacial score (nSPS) is 12.2. The molecule has 28 heavy (non-hydrogen) atoms. The van der Waals surface area contributed by atoms with E-state index in [4.69, 9.17) is 14.2 Å². The smallest absolute Gasteiger partial charge is 0.203 e. The van der Waals surface area contributed by atoms with Gasteiger partial charge in [0.05, 0.1) is 21.3 Å². The van der Waals surface area contributed by atoms with E-state index in [1.807, 2.05) is 12.1 Å². The number of guanidine groups is 1. The van der Waals surface area contributed by atoms with Crippen molar-refractivity contribution < 1.29 is 14.2 Å². The molecule has 1 aromatic carbocycles. The molecule has 0 heterocycles. The summed E-state index contributed by atoms with van der Waals surface area (Å²) in [6, 6.07) is 4.30. The Morgan fingerprint density at radius 3 is 2.21 bits per heavy atom. The monoisotopic (exact) mass is 507 g/mol. The van der Waals surface area contributed by atoms with Gasteiger partial charge in [0.25, 0.3) is 0 Å². The summed E-state index contributed by atoms with van der Waals surface area (Å²) < 4.78 is 16.3. The van der Waals surface area contributed by atoms with E-state index in [-0.39, 0.29) is 24.0 Å². The van der Waals surface area contributed by atoms with Crippen LogP contribution in [-0.4, -0.2) is 46.9 Å². The van der Waals surface area contributed by atoms with Crippen molar-refractivity contribution >= 4 is 29.9 Å². The summed E-state index contributed by atoms with van der Waals surface area (Å²) in [4.78, 5) is 4.32. The van der Waals surface area contributed by atoms with Gasteiger partial charge in [-0.1, -0.05) is 32.8 Å². The topological polar surface area (TPSA) is 64.1 Å². The molecule has 7 heteroatoms. The highest BCUT2D eigenvalue weighted by Gasteiger charge is 2.15. The highest BCUT2D eigenvalue weighted by Crippen LogP contribution is 2.39. The molecule has 1 aromatic rings. The van der Waals surface area contributed by atoms with Crippen molar-refractivity contribution in [2.24, 2.45) is 10.9 Å². The molecule has 0 aliphatic rings. The first kappa shape index (κ1) is 26.6. The third kappa shape index (κ3) is 8.75. The quantitative estimate of drug-likeness (QED) is 0.266. The summed E-state index contributed by atoms with van der Waals surface area (Å²) in [5.74, 6) is 3.58. The molecule has 0 aromatic heterocycles. The van der Waals surface area contributed by atoms with Gasteiger partial charge in [0.2, 0.25) is 5.75 Å². The van der Waals surface area contributed by atoms with Crippen LogP contribution < -0.4 is 24.8 Å². The third-order valence-corrected chi connectivity index (χ3v) is 4.50. The first-order valence-corrected chi connectivity index (χ1v) is 9.71. The van der Waals surface area contributed by atoms with E-state index in [0.29, 0.717) is 23.3 Å². The molecular formula is C21H38IN3O3. The Morgan fingerprint density at radius 2 is 1.68 bits per heavy atom. The molecule has 0 aliphatic carbocycles. The molecule has 0 amide bonds. The average Bonchev–Trinajstić information content (AvgIpc) is 2.65. The van der Waals surface area contributed by atoms with E-state index < -0.39 is 0 Å². The molecule has 0 aliphatic heterocycles. The molecule has 1 rings (SSSR count). The van der Waals surface area contributed by atoms with Gasteiger partial charge in [-0.25, -0.2) is 0 Å². The van der Waals surface area contributed by atoms with E-state index in [1.54, 1.807) is 28.4 Å². The summed E-state index contributed by atoms with van der Waals surface area (Å²) in [5, 5.41) is 6.84. The first-order valence-electron chi connectivity index (χ1n) is 9.71. The highest BCUT2D eigenvalue weighted by atomic mass is 127. The van der Waals surface area contributed by atoms with Crippen LogP contribution in [0, 0.1) is 5.92 Å². The predicted molar refractivity (Wildman–Crippen MR) is 128 cm³/mol. The zero-order valence-corrected chi connectivity index (χ0v) is 20.8. The second kappa shape index (κ2) is 14.6. The molecule has 162 valence electrons. The molecular weight excluding hydrogens is 469 g/mol. The number of methoxy groups -OCH3 is 3. The predicted octanol–water partition coefficient (Wildman–Crippen LogP) is 4.25. The number of halogens is 1. The SMILES string of the molecule is CN=C(NCCc1ccc(OC)c(OC)c1OC)NC(C)CCCC(C)C.I. The van der Waals surface area contributed by atoms with Crippen molar-refractivity contribution in [3.05, 3.63) is 17.7 Å². The summed E-state index contributed by atoms with van der Waals surface area (Å²) in [5.41, 5.74) is 1.06. The lowest BCUT2D eigenvalue weighted by Crippen LogP contribution is -2.42. The van der Waals surface area contributed by atoms with E-state index >= 15 is 0 Å². The van der Waals surface area contributed by atoms with Crippen molar-refractivity contribution in [3.8, 4) is 17.2 Å². The number of nitrogens with zero attached hydrogens (tertiary/aromatic N) is 1. The fourth-order valence-corrected chi connectivity index (χ4v) is 3.01. The number of hydrogen-bond acceptors (Lipinski definition) is 4. The maximum Gasteiger partial charge on any atom is 0.203 e. The fourth-order valence-electron chi connectivity index (χ4n) is 3.01. The van der Waals surface area contributed by atoms with Gasteiger partial charge in [-0.15, -0.1) is 24.0 Å². The number of benzene rings is 1. The molecule has 0 spiro atoms. The van der Waals surface area contributed by atoms with E-state index in [2.05, 4.69) is 36.4 Å². The fraction of sp³-hybridized carbons (Fsp3) is 0.667. The number of ether oxygens (including phenoxy) is 3. The summed E-state index contributed by atoms with van der Waals surface area (Å²) >= 11 is 0. The van der Waals surface area contributed by atoms with Gasteiger partial charge in [0.1, 0.15) is 0 Å². The maximum absolute atomic E-state index is 5.54. The summed E-state index contributed by atoms with van der Waals surface area (Å²) in [6.45, 7) is 7.47. The molecule has 0 saturated carbocycles. The molecule has 6 nitrogen and oxygen atoms in total. The lowest BCUT2D eigenvalue weighted by atomic mass is 10.0. The van der Waals surface area contributed by atoms with Crippen LogP contribution in [0.3, 0.4) is 0 Å². The lowest BCUT2D eigenvalue weighted by molar-refractivity contribution is 0.322. The third-order valence-electron chi connectivity index (χ3n) is 4.50. The minimum Gasteiger partial charge on any atom is -0.493 e. The first-order chi connectivity index (χ1) is 13.0. The van der Waals surface area contributed by atoms with Gasteiger partial charge in [-0.2, -0.15) is 0 Å². The number of aliphatic imine (C=N–C) groups is 1. The van der Waals surface area contributed by atoms with Crippen molar-refractivity contribution in [1.29, 1.82) is 0 Å². The summed E-state index contributed by atoms with van der Waals surface area (Å²) in [6.07, 6.45) is 4.41. The van der Waals surface area contributed by atoms with Crippen LogP contribution in [0.1, 0.15) is 45.6 Å². The number of hydrogen-bond donors (Lipinski definition) is 2. The van der Waals surface area contributed by atoms with Crippen LogP contribution >= 0.6 is 24.0 Å². The zero-order chi connectivity index (χ0) is 20.2. The Hall–Kier alpha value is -1.38. The van der Waals surface area contributed by atoms with Crippen molar-refractivity contribution in [1.82, 2.24) is 10.6 Å². The van der Waals surface area contributed by atoms with E-state index in [9.17, 15) is 0 Å². The molecule has 1 atom stereocenters. The standard InChI is InChI=1S/C21H37N3O3.HI/c1-15(2)9-8-10-16(3)24-21(22-4)23-14-13-17-11-12-18(25-5)20(27-7)19(17)26-6;/h11-12,15-16H,8-10,13-14H2,1-7H3,(H2,22,23,24);1H. The van der Waals surface area contributed by atoms with Crippen LogP contribution in [0.25, 0.3) is 0 Å². The Morgan fingerprint density at radius 1 is 1.00 bits per heavy atom. The average molecular weight is 507 g/mol. The molecule has 2 N–H and O–H groups in total. The Bertz CT molecular complexity index is 595. The molecule has 0 fully saturated rings. The zero-order valence-electron chi connectivity index (χ0n) is 18.4. The molecule has 0 bridgehead atoms. The van der Waals surface area contributed by atoms with Gasteiger partial charge in [-0.3, -0.25) is 4.99 Å². The van der Waals surface area contributed by atoms with E-state index in [1.165, 1.54) is 12.8 Å². The van der Waals surface area contributed by atoms with Gasteiger partial charge in [-0.05, 0) is 31.7 Å². The Balaban J connectivity index is 0.00000729. The van der Waals surface area contributed by atoms with Crippen molar-refractivity contribution in [3.63, 3.8) is 0 Å². The van der Waals surface area contributed by atoms with Crippen LogP contribution in [0.2, 0.25) is 0 Å². The van der Waals surface area contributed by atoms with Gasteiger partial charge in [0, 0.05) is 25.2 Å². The van der Waals surface area contributed by atoms with Crippen molar-refractivity contribution in [2.45, 2.75) is 52.5 Å². The van der Waals surface area contributed by atoms with Crippen molar-refractivity contribution in [2.75, 3.05) is 34.9 Å². The van der Waals surface area contributed by atoms with Gasteiger partial charge in [0.15, 0.2) is 17.5 Å². The van der Waals surface area contributed by atoms with Gasteiger partial charge >= 0.3 is 0 Å². The van der Waals surface area contributed by atoms with E-state index in [0.717, 1.165) is 36.8 Å². The second-order valence-corrected chi connectivity index (χ2v) is 7.11. The number of rotatable bonds is 11. The van der Waals surface area contributed by atoms with Crippen LogP contribution in [0.5, 0.6) is 17.2 Å². The minimum absolute atomic E-state index is 0. The minimum atomic E-state index is 0. The Kier molecular flexibility index (Phi) is 13.9. The largest absolute Gasteiger partial charge is 0.493 e. The molecule has 0 radical (unpaired) electrons. The molecule has 1 unspecified atom stereocenters. The summed E-state index contributed by atoms with van der Waals surface area (Å²) in [7, 11) is 6.69. The van der Waals surface area contributed by atoms with Crippen LogP contribution in [0.15, 0.2) is 17.1 Å². The van der Waals surface area contributed by atoms with Crippen LogP contribution in [-0.2, 0) is 6.42 Å². The highest BCUT2D eigenvalue weighted by molar-refractivity contribution is 14.0. The Labute approximate surface area is 187 Å². The molecule has 0 saturated heterocycles. The van der Waals surface area contributed by atoms with Crippen LogP contribution in [0.4, 0.5) is 0 Å².